The molecule has 0 aromatic carbocycles. The van der Waals surface area contributed by atoms with Crippen LogP contribution in [0.5, 0.6) is 0 Å². The predicted octanol–water partition coefficient (Wildman–Crippen LogP) is 3.20. The SMILES string of the molecule is CCCCOC(=O)OOC1CCCCC1. The van der Waals surface area contributed by atoms with E-state index in [1.165, 1.54) is 6.42 Å². The highest BCUT2D eigenvalue weighted by Gasteiger charge is 2.17. The van der Waals surface area contributed by atoms with Crippen molar-refractivity contribution in [3.8, 4) is 0 Å². The van der Waals surface area contributed by atoms with Crippen LogP contribution in [0.2, 0.25) is 0 Å². The number of unbranched alkanes of at least 4 members (excludes halogenated alkanes) is 1. The third kappa shape index (κ3) is 5.62. The number of carbonyl (C=O) groups is 1. The second-order valence-corrected chi connectivity index (χ2v) is 3.89. The summed E-state index contributed by atoms with van der Waals surface area (Å²) in [6.45, 7) is 2.44. The van der Waals surface area contributed by atoms with Gasteiger partial charge in [0.05, 0.1) is 6.61 Å². The van der Waals surface area contributed by atoms with E-state index in [0.717, 1.165) is 38.5 Å². The Balaban J connectivity index is 2.00. The molecule has 0 spiro atoms. The molecule has 88 valence electrons. The standard InChI is InChI=1S/C11H20O4/c1-2-3-9-13-11(12)15-14-10-7-5-4-6-8-10/h10H,2-9H2,1H3. The molecule has 0 saturated heterocycles. The Hall–Kier alpha value is -0.770. The molecule has 1 rings (SSSR count). The number of ether oxygens (including phenoxy) is 1. The zero-order valence-corrected chi connectivity index (χ0v) is 9.37. The van der Waals surface area contributed by atoms with Crippen LogP contribution in [0.25, 0.3) is 0 Å². The summed E-state index contributed by atoms with van der Waals surface area (Å²) in [6, 6.07) is 0. The molecule has 0 bridgehead atoms. The van der Waals surface area contributed by atoms with E-state index in [4.69, 9.17) is 9.62 Å². The molecule has 0 aromatic heterocycles. The van der Waals surface area contributed by atoms with Gasteiger partial charge in [-0.3, -0.25) is 4.89 Å². The van der Waals surface area contributed by atoms with E-state index in [9.17, 15) is 4.79 Å². The highest BCUT2D eigenvalue weighted by molar-refractivity contribution is 5.58. The van der Waals surface area contributed by atoms with Crippen LogP contribution in [-0.4, -0.2) is 18.9 Å². The van der Waals surface area contributed by atoms with Crippen molar-refractivity contribution in [2.45, 2.75) is 58.0 Å². The van der Waals surface area contributed by atoms with Gasteiger partial charge >= 0.3 is 6.16 Å². The molecule has 4 heteroatoms. The number of hydrogen-bond acceptors (Lipinski definition) is 4. The third-order valence-electron chi connectivity index (χ3n) is 2.52. The molecule has 0 heterocycles. The monoisotopic (exact) mass is 216 g/mol. The normalized spacial score (nSPS) is 17.4. The molecule has 0 unspecified atom stereocenters. The van der Waals surface area contributed by atoms with E-state index >= 15 is 0 Å². The van der Waals surface area contributed by atoms with Crippen molar-refractivity contribution in [1.29, 1.82) is 0 Å². The maximum Gasteiger partial charge on any atom is 0.540 e. The van der Waals surface area contributed by atoms with Crippen molar-refractivity contribution in [3.05, 3.63) is 0 Å². The lowest BCUT2D eigenvalue weighted by molar-refractivity contribution is -0.291. The van der Waals surface area contributed by atoms with E-state index < -0.39 is 6.16 Å². The van der Waals surface area contributed by atoms with E-state index in [2.05, 4.69) is 4.89 Å². The molecule has 0 radical (unpaired) electrons. The van der Waals surface area contributed by atoms with Crippen molar-refractivity contribution >= 4 is 6.16 Å². The first-order valence-corrected chi connectivity index (χ1v) is 5.83. The predicted molar refractivity (Wildman–Crippen MR) is 55.3 cm³/mol. The molecule has 4 nitrogen and oxygen atoms in total. The minimum absolute atomic E-state index is 0.0671. The Morgan fingerprint density at radius 3 is 2.67 bits per heavy atom. The minimum Gasteiger partial charge on any atom is -0.432 e. The second-order valence-electron chi connectivity index (χ2n) is 3.89. The Labute approximate surface area is 90.8 Å². The zero-order chi connectivity index (χ0) is 10.9. The summed E-state index contributed by atoms with van der Waals surface area (Å²) in [5.74, 6) is 0. The van der Waals surface area contributed by atoms with Gasteiger partial charge in [0.15, 0.2) is 0 Å². The molecule has 1 aliphatic carbocycles. The summed E-state index contributed by atoms with van der Waals surface area (Å²) >= 11 is 0. The van der Waals surface area contributed by atoms with Gasteiger partial charge in [-0.25, -0.2) is 4.79 Å². The van der Waals surface area contributed by atoms with E-state index in [1.807, 2.05) is 6.92 Å². The number of rotatable bonds is 5. The molecule has 1 fully saturated rings. The molecule has 0 aromatic rings. The highest BCUT2D eigenvalue weighted by Crippen LogP contribution is 2.20. The summed E-state index contributed by atoms with van der Waals surface area (Å²) in [6.07, 6.45) is 6.71. The van der Waals surface area contributed by atoms with Crippen LogP contribution in [-0.2, 0) is 14.5 Å². The van der Waals surface area contributed by atoms with Crippen LogP contribution in [0.1, 0.15) is 51.9 Å². The fourth-order valence-electron chi connectivity index (χ4n) is 1.59. The molecule has 0 amide bonds. The van der Waals surface area contributed by atoms with Crippen LogP contribution in [0.3, 0.4) is 0 Å². The Morgan fingerprint density at radius 1 is 1.27 bits per heavy atom. The lowest BCUT2D eigenvalue weighted by atomic mass is 9.98. The number of hydrogen-bond donors (Lipinski definition) is 0. The van der Waals surface area contributed by atoms with Gasteiger partial charge in [0, 0.05) is 0 Å². The smallest absolute Gasteiger partial charge is 0.432 e. The molecule has 0 N–H and O–H groups in total. The number of carbonyl (C=O) groups excluding carboxylic acids is 1. The van der Waals surface area contributed by atoms with E-state index in [0.29, 0.717) is 6.61 Å². The first-order chi connectivity index (χ1) is 7.33. The van der Waals surface area contributed by atoms with Gasteiger partial charge in [-0.15, -0.1) is 0 Å². The largest absolute Gasteiger partial charge is 0.540 e. The van der Waals surface area contributed by atoms with Crippen LogP contribution < -0.4 is 0 Å². The lowest BCUT2D eigenvalue weighted by Gasteiger charge is -2.19. The molecule has 15 heavy (non-hydrogen) atoms. The topological polar surface area (TPSA) is 44.8 Å². The molecule has 0 atom stereocenters. The van der Waals surface area contributed by atoms with Crippen molar-refractivity contribution in [1.82, 2.24) is 0 Å². The van der Waals surface area contributed by atoms with Crippen molar-refractivity contribution in [2.24, 2.45) is 0 Å². The average molecular weight is 216 g/mol. The summed E-state index contributed by atoms with van der Waals surface area (Å²) in [5, 5.41) is 0. The quantitative estimate of drug-likeness (QED) is 0.306. The Bertz CT molecular complexity index is 175. The van der Waals surface area contributed by atoms with E-state index in [-0.39, 0.29) is 6.10 Å². The van der Waals surface area contributed by atoms with E-state index in [1.54, 1.807) is 0 Å². The molecular formula is C11H20O4. The molecule has 1 saturated carbocycles. The lowest BCUT2D eigenvalue weighted by Crippen LogP contribution is -2.19. The average Bonchev–Trinajstić information content (AvgIpc) is 2.28. The van der Waals surface area contributed by atoms with Crippen LogP contribution in [0.4, 0.5) is 4.79 Å². The molecule has 1 aliphatic rings. The Morgan fingerprint density at radius 2 is 2.00 bits per heavy atom. The van der Waals surface area contributed by atoms with Gasteiger partial charge < -0.3 is 4.74 Å². The van der Waals surface area contributed by atoms with Gasteiger partial charge in [0.2, 0.25) is 0 Å². The van der Waals surface area contributed by atoms with Crippen molar-refractivity contribution in [2.75, 3.05) is 6.61 Å². The minimum atomic E-state index is -0.714. The zero-order valence-electron chi connectivity index (χ0n) is 9.37. The van der Waals surface area contributed by atoms with Gasteiger partial charge in [-0.05, 0) is 19.3 Å². The maximum atomic E-state index is 11.0. The summed E-state index contributed by atoms with van der Waals surface area (Å²) in [5.41, 5.74) is 0. The van der Waals surface area contributed by atoms with Gasteiger partial charge in [0.1, 0.15) is 6.10 Å². The van der Waals surface area contributed by atoms with Gasteiger partial charge in [0.25, 0.3) is 0 Å². The Kier molecular flexibility index (Phi) is 6.16. The van der Waals surface area contributed by atoms with Gasteiger partial charge in [-0.2, -0.15) is 4.89 Å². The third-order valence-corrected chi connectivity index (χ3v) is 2.52. The van der Waals surface area contributed by atoms with Crippen LogP contribution in [0.15, 0.2) is 0 Å². The van der Waals surface area contributed by atoms with Crippen LogP contribution >= 0.6 is 0 Å². The second kappa shape index (κ2) is 7.51. The highest BCUT2D eigenvalue weighted by atomic mass is 17.2. The van der Waals surface area contributed by atoms with Crippen molar-refractivity contribution in [3.63, 3.8) is 0 Å². The summed E-state index contributed by atoms with van der Waals surface area (Å²) in [7, 11) is 0. The first kappa shape index (κ1) is 12.3. The van der Waals surface area contributed by atoms with Gasteiger partial charge in [-0.1, -0.05) is 32.6 Å². The summed E-state index contributed by atoms with van der Waals surface area (Å²) in [4.78, 5) is 20.6. The first-order valence-electron chi connectivity index (χ1n) is 5.83. The molecule has 0 aliphatic heterocycles. The summed E-state index contributed by atoms with van der Waals surface area (Å²) < 4.78 is 4.79. The molecular weight excluding hydrogens is 196 g/mol. The van der Waals surface area contributed by atoms with Crippen LogP contribution in [0, 0.1) is 0 Å². The van der Waals surface area contributed by atoms with Crippen molar-refractivity contribution < 1.29 is 19.3 Å². The fraction of sp³-hybridized carbons (Fsp3) is 0.909. The fourth-order valence-corrected chi connectivity index (χ4v) is 1.59. The maximum absolute atomic E-state index is 11.0.